The van der Waals surface area contributed by atoms with Crippen LogP contribution in [0.15, 0.2) is 53.5 Å². The third-order valence-corrected chi connectivity index (χ3v) is 5.82. The summed E-state index contributed by atoms with van der Waals surface area (Å²) in [6, 6.07) is 5.90. The number of hydrogen-bond acceptors (Lipinski definition) is 4. The van der Waals surface area contributed by atoms with Crippen molar-refractivity contribution in [3.8, 4) is 5.75 Å². The Morgan fingerprint density at radius 1 is 1.10 bits per heavy atom. The molecule has 164 valence electrons. The highest BCUT2D eigenvalue weighted by atomic mass is 32.2. The van der Waals surface area contributed by atoms with E-state index in [1.54, 1.807) is 12.1 Å². The van der Waals surface area contributed by atoms with Crippen LogP contribution in [0.4, 0.5) is 22.0 Å². The number of halogens is 5. The molecule has 2 aromatic rings. The summed E-state index contributed by atoms with van der Waals surface area (Å²) in [5, 5.41) is 4.81. The van der Waals surface area contributed by atoms with Crippen LogP contribution in [-0.4, -0.2) is 19.6 Å². The molecule has 0 saturated carbocycles. The van der Waals surface area contributed by atoms with Crippen LogP contribution in [0.2, 0.25) is 0 Å². The van der Waals surface area contributed by atoms with Crippen molar-refractivity contribution < 1.29 is 35.1 Å². The molecular weight excluding hydrogens is 461 g/mol. The van der Waals surface area contributed by atoms with Crippen molar-refractivity contribution in [2.45, 2.75) is 24.1 Å². The van der Waals surface area contributed by atoms with Gasteiger partial charge in [0.1, 0.15) is 17.4 Å². The molecule has 2 aromatic carbocycles. The first-order valence-corrected chi connectivity index (χ1v) is 10.5. The van der Waals surface area contributed by atoms with Crippen molar-refractivity contribution in [1.82, 2.24) is 0 Å². The second-order valence-electron chi connectivity index (χ2n) is 6.73. The molecule has 1 aliphatic rings. The topological polar surface area (TPSA) is 69.4 Å². The monoisotopic (exact) mass is 475 g/mol. The minimum Gasteiger partial charge on any atom is -0.406 e. The highest BCUT2D eigenvalue weighted by Crippen LogP contribution is 2.34. The molecule has 0 aliphatic heterocycles. The maximum absolute atomic E-state index is 14.1. The van der Waals surface area contributed by atoms with Gasteiger partial charge in [0, 0.05) is 10.8 Å². The summed E-state index contributed by atoms with van der Waals surface area (Å²) in [4.78, 5) is -0.968. The van der Waals surface area contributed by atoms with Crippen LogP contribution < -0.4 is 9.88 Å². The average Bonchev–Trinajstić information content (AvgIpc) is 2.60. The van der Waals surface area contributed by atoms with E-state index in [-0.39, 0.29) is 21.7 Å². The lowest BCUT2D eigenvalue weighted by atomic mass is 9.87. The Hall–Kier alpha value is -2.63. The van der Waals surface area contributed by atoms with Gasteiger partial charge in [0.25, 0.3) is 0 Å². The van der Waals surface area contributed by atoms with Crippen LogP contribution >= 0.6 is 12.2 Å². The van der Waals surface area contributed by atoms with E-state index in [0.717, 1.165) is 12.1 Å². The summed E-state index contributed by atoms with van der Waals surface area (Å²) in [6.07, 6.45) is -0.385. The number of benzene rings is 2. The molecule has 4 nitrogen and oxygen atoms in total. The molecule has 1 aliphatic carbocycles. The number of primary sulfonamides is 1. The Balaban J connectivity index is 1.92. The molecule has 1 atom stereocenters. The van der Waals surface area contributed by atoms with Crippen LogP contribution in [-0.2, 0) is 10.0 Å². The number of aryl methyl sites for hydroxylation is 1. The quantitative estimate of drug-likeness (QED) is 0.503. The van der Waals surface area contributed by atoms with Crippen molar-refractivity contribution in [3.63, 3.8) is 0 Å². The average molecular weight is 475 g/mol. The zero-order chi connectivity index (χ0) is 23.1. The predicted molar refractivity (Wildman–Crippen MR) is 108 cm³/mol. The third-order valence-electron chi connectivity index (χ3n) is 4.49. The molecule has 0 spiro atoms. The van der Waals surface area contributed by atoms with E-state index < -0.39 is 38.8 Å². The molecule has 3 rings (SSSR count). The normalized spacial score (nSPS) is 16.9. The first kappa shape index (κ1) is 23.0. The van der Waals surface area contributed by atoms with Crippen molar-refractivity contribution in [3.05, 3.63) is 76.9 Å². The molecule has 0 aromatic heterocycles. The van der Waals surface area contributed by atoms with E-state index in [1.807, 2.05) is 0 Å². The van der Waals surface area contributed by atoms with Crippen molar-refractivity contribution in [1.29, 1.82) is 0 Å². The summed E-state index contributed by atoms with van der Waals surface area (Å²) >= 11 is 5.33. The van der Waals surface area contributed by atoms with Gasteiger partial charge in [-0.05, 0) is 53.5 Å². The van der Waals surface area contributed by atoms with Gasteiger partial charge in [0.15, 0.2) is 4.90 Å². The number of alkyl halides is 3. The van der Waals surface area contributed by atoms with Crippen LogP contribution in [0.5, 0.6) is 5.75 Å². The minimum absolute atomic E-state index is 0.0180. The van der Waals surface area contributed by atoms with Gasteiger partial charge < -0.3 is 4.74 Å². The van der Waals surface area contributed by atoms with E-state index in [4.69, 9.17) is 17.4 Å². The molecule has 11 heteroatoms. The zero-order valence-corrected chi connectivity index (χ0v) is 17.3. The molecular formula is C20H14F5NO3S2. The molecule has 0 fully saturated rings. The summed E-state index contributed by atoms with van der Waals surface area (Å²) in [5.41, 5.74) is 1.02. The lowest BCUT2D eigenvalue weighted by molar-refractivity contribution is -0.274. The molecule has 0 radical (unpaired) electrons. The highest BCUT2D eigenvalue weighted by Gasteiger charge is 2.32. The largest absolute Gasteiger partial charge is 0.573 e. The van der Waals surface area contributed by atoms with Crippen molar-refractivity contribution >= 4 is 32.7 Å². The maximum Gasteiger partial charge on any atom is 0.573 e. The van der Waals surface area contributed by atoms with Gasteiger partial charge in [0.2, 0.25) is 10.0 Å². The van der Waals surface area contributed by atoms with Gasteiger partial charge in [-0.2, -0.15) is 0 Å². The van der Waals surface area contributed by atoms with Crippen molar-refractivity contribution in [2.75, 3.05) is 0 Å². The summed E-state index contributed by atoms with van der Waals surface area (Å²) in [7, 11) is -4.59. The number of thiocarbonyl (C=S) groups is 1. The maximum atomic E-state index is 14.1. The van der Waals surface area contributed by atoms with E-state index in [1.165, 1.54) is 31.2 Å². The number of rotatable bonds is 4. The fraction of sp³-hybridized carbons (Fsp3) is 0.150. The lowest BCUT2D eigenvalue weighted by Crippen LogP contribution is -2.18. The van der Waals surface area contributed by atoms with Crippen LogP contribution in [0, 0.1) is 18.6 Å². The molecule has 0 bridgehead atoms. The zero-order valence-electron chi connectivity index (χ0n) is 15.7. The SMILES string of the molecule is Cc1ccc(C2C=CC(c3cc(F)c(S(N)(=O)=O)c(F)c3)=CC2=S)cc1OC(F)(F)F. The van der Waals surface area contributed by atoms with E-state index in [2.05, 4.69) is 4.74 Å². The number of hydrogen-bond donors (Lipinski definition) is 1. The van der Waals surface area contributed by atoms with E-state index >= 15 is 0 Å². The number of nitrogens with two attached hydrogens (primary N) is 1. The van der Waals surface area contributed by atoms with Crippen LogP contribution in [0.3, 0.4) is 0 Å². The lowest BCUT2D eigenvalue weighted by Gasteiger charge is -2.20. The van der Waals surface area contributed by atoms with E-state index in [9.17, 15) is 30.4 Å². The van der Waals surface area contributed by atoms with Gasteiger partial charge in [-0.3, -0.25) is 0 Å². The first-order valence-electron chi connectivity index (χ1n) is 8.58. The molecule has 0 amide bonds. The van der Waals surface area contributed by atoms with Gasteiger partial charge in [-0.1, -0.05) is 36.5 Å². The Morgan fingerprint density at radius 2 is 1.71 bits per heavy atom. The molecule has 1 unspecified atom stereocenters. The van der Waals surface area contributed by atoms with Crippen molar-refractivity contribution in [2.24, 2.45) is 5.14 Å². The summed E-state index contributed by atoms with van der Waals surface area (Å²) in [6.45, 7) is 1.46. The summed E-state index contributed by atoms with van der Waals surface area (Å²) < 4.78 is 92.7. The van der Waals surface area contributed by atoms with Crippen LogP contribution in [0.25, 0.3) is 5.57 Å². The molecule has 2 N–H and O–H groups in total. The Morgan fingerprint density at radius 3 is 2.23 bits per heavy atom. The third kappa shape index (κ3) is 5.17. The minimum atomic E-state index is -4.85. The molecule has 31 heavy (non-hydrogen) atoms. The Bertz CT molecular complexity index is 1210. The smallest absolute Gasteiger partial charge is 0.406 e. The van der Waals surface area contributed by atoms with Gasteiger partial charge in [-0.15, -0.1) is 13.2 Å². The molecule has 0 heterocycles. The fourth-order valence-electron chi connectivity index (χ4n) is 3.08. The van der Waals surface area contributed by atoms with Gasteiger partial charge in [-0.25, -0.2) is 22.3 Å². The predicted octanol–water partition coefficient (Wildman–Crippen LogP) is 4.93. The number of sulfonamides is 1. The highest BCUT2D eigenvalue weighted by molar-refractivity contribution is 7.89. The second-order valence-corrected chi connectivity index (χ2v) is 8.70. The van der Waals surface area contributed by atoms with Gasteiger partial charge >= 0.3 is 6.36 Å². The summed E-state index contributed by atoms with van der Waals surface area (Å²) in [5.74, 6) is -3.65. The fourth-order valence-corrected chi connectivity index (χ4v) is 4.09. The Labute approximate surface area is 179 Å². The Kier molecular flexibility index (Phi) is 6.05. The van der Waals surface area contributed by atoms with E-state index in [0.29, 0.717) is 11.1 Å². The van der Waals surface area contributed by atoms with Gasteiger partial charge in [0.05, 0.1) is 0 Å². The first-order chi connectivity index (χ1) is 14.3. The molecule has 0 saturated heterocycles. The van der Waals surface area contributed by atoms with Crippen LogP contribution in [0.1, 0.15) is 22.6 Å². The standard InChI is InChI=1S/C20H14F5NO3S2/c1-10-2-3-12(8-17(10)29-20(23,24)25)14-5-4-11(9-18(14)30)13-6-15(21)19(16(22)7-13)31(26,27)28/h2-9,14H,1H3,(H2,26,27,28). The number of allylic oxidation sites excluding steroid dienone is 4. The number of ether oxygens (including phenoxy) is 1. The second kappa shape index (κ2) is 8.13.